The van der Waals surface area contributed by atoms with Gasteiger partial charge in [0.1, 0.15) is 11.5 Å². The summed E-state index contributed by atoms with van der Waals surface area (Å²) in [4.78, 5) is 0. The summed E-state index contributed by atoms with van der Waals surface area (Å²) in [6.07, 6.45) is 1.05. The van der Waals surface area contributed by atoms with Crippen LogP contribution in [0.15, 0.2) is 40.8 Å². The van der Waals surface area contributed by atoms with Crippen molar-refractivity contribution in [2.45, 2.75) is 39.3 Å². The van der Waals surface area contributed by atoms with Crippen LogP contribution in [-0.4, -0.2) is 11.7 Å². The molecule has 108 valence electrons. The first-order chi connectivity index (χ1) is 9.69. The van der Waals surface area contributed by atoms with Crippen LogP contribution in [0.1, 0.15) is 41.9 Å². The van der Waals surface area contributed by atoms with Crippen LogP contribution in [0.3, 0.4) is 0 Å². The molecule has 2 N–H and O–H groups in total. The van der Waals surface area contributed by atoms with Crippen LogP contribution in [0.2, 0.25) is 0 Å². The number of nitrogens with one attached hydrogen (secondary N) is 1. The molecular formula is C17H23NO2. The number of furan rings is 1. The second-order valence-electron chi connectivity index (χ2n) is 5.29. The topological polar surface area (TPSA) is 45.4 Å². The molecule has 3 heteroatoms. The van der Waals surface area contributed by atoms with E-state index in [4.69, 9.17) is 9.52 Å². The van der Waals surface area contributed by atoms with Gasteiger partial charge in [-0.25, -0.2) is 0 Å². The predicted octanol–water partition coefficient (Wildman–Crippen LogP) is 3.36. The van der Waals surface area contributed by atoms with Crippen molar-refractivity contribution in [3.8, 4) is 0 Å². The molecule has 20 heavy (non-hydrogen) atoms. The fourth-order valence-electron chi connectivity index (χ4n) is 2.25. The first-order valence-corrected chi connectivity index (χ1v) is 7.15. The van der Waals surface area contributed by atoms with Crippen molar-refractivity contribution in [2.24, 2.45) is 0 Å². The molecule has 0 radical (unpaired) electrons. The van der Waals surface area contributed by atoms with Crippen molar-refractivity contribution in [3.63, 3.8) is 0 Å². The molecule has 1 atom stereocenters. The van der Waals surface area contributed by atoms with Gasteiger partial charge in [0.05, 0.1) is 6.61 Å². The van der Waals surface area contributed by atoms with Gasteiger partial charge < -0.3 is 14.8 Å². The van der Waals surface area contributed by atoms with E-state index in [1.807, 2.05) is 31.2 Å². The van der Waals surface area contributed by atoms with Crippen LogP contribution < -0.4 is 5.32 Å². The summed E-state index contributed by atoms with van der Waals surface area (Å²) in [5.74, 6) is 2.46. The SMILES string of the molecule is Cc1ccc(C(C)CCNCc2cccc(CO)c2)o1. The minimum Gasteiger partial charge on any atom is -0.466 e. The van der Waals surface area contributed by atoms with E-state index in [1.165, 1.54) is 5.56 Å². The van der Waals surface area contributed by atoms with Crippen LogP contribution in [0.25, 0.3) is 0 Å². The third-order valence-corrected chi connectivity index (χ3v) is 3.50. The largest absolute Gasteiger partial charge is 0.466 e. The van der Waals surface area contributed by atoms with Gasteiger partial charge in [0.2, 0.25) is 0 Å². The van der Waals surface area contributed by atoms with Crippen molar-refractivity contribution in [1.82, 2.24) is 5.32 Å². The van der Waals surface area contributed by atoms with Crippen LogP contribution in [0, 0.1) is 6.92 Å². The van der Waals surface area contributed by atoms with E-state index in [9.17, 15) is 0 Å². The highest BCUT2D eigenvalue weighted by atomic mass is 16.3. The van der Waals surface area contributed by atoms with Gasteiger partial charge in [-0.3, -0.25) is 0 Å². The number of aliphatic hydroxyl groups excluding tert-OH is 1. The molecular weight excluding hydrogens is 250 g/mol. The number of benzene rings is 1. The molecule has 3 nitrogen and oxygen atoms in total. The molecule has 0 aliphatic carbocycles. The summed E-state index contributed by atoms with van der Waals surface area (Å²) >= 11 is 0. The van der Waals surface area contributed by atoms with Crippen molar-refractivity contribution in [3.05, 3.63) is 59.0 Å². The third-order valence-electron chi connectivity index (χ3n) is 3.50. The van der Waals surface area contributed by atoms with Gasteiger partial charge in [0, 0.05) is 12.5 Å². The second-order valence-corrected chi connectivity index (χ2v) is 5.29. The quantitative estimate of drug-likeness (QED) is 0.760. The number of aryl methyl sites for hydroxylation is 1. The number of aliphatic hydroxyl groups is 1. The van der Waals surface area contributed by atoms with E-state index in [0.717, 1.165) is 36.6 Å². The zero-order valence-electron chi connectivity index (χ0n) is 12.2. The van der Waals surface area contributed by atoms with Gasteiger partial charge in [-0.15, -0.1) is 0 Å². The molecule has 0 amide bonds. The first-order valence-electron chi connectivity index (χ1n) is 7.15. The van der Waals surface area contributed by atoms with Crippen molar-refractivity contribution in [1.29, 1.82) is 0 Å². The van der Waals surface area contributed by atoms with Gasteiger partial charge in [0.15, 0.2) is 0 Å². The molecule has 0 fully saturated rings. The number of rotatable bonds is 7. The van der Waals surface area contributed by atoms with Crippen molar-refractivity contribution >= 4 is 0 Å². The molecule has 1 heterocycles. The molecule has 0 bridgehead atoms. The number of hydrogen-bond acceptors (Lipinski definition) is 3. The lowest BCUT2D eigenvalue weighted by Crippen LogP contribution is -2.16. The highest BCUT2D eigenvalue weighted by Gasteiger charge is 2.08. The molecule has 2 rings (SSSR count). The van der Waals surface area contributed by atoms with Gasteiger partial charge in [-0.05, 0) is 43.1 Å². The third kappa shape index (κ3) is 4.22. The highest BCUT2D eigenvalue weighted by molar-refractivity contribution is 5.22. The lowest BCUT2D eigenvalue weighted by Gasteiger charge is -2.10. The molecule has 0 aliphatic rings. The van der Waals surface area contributed by atoms with Gasteiger partial charge in [0.25, 0.3) is 0 Å². The highest BCUT2D eigenvalue weighted by Crippen LogP contribution is 2.20. The zero-order valence-corrected chi connectivity index (χ0v) is 12.2. The van der Waals surface area contributed by atoms with Crippen LogP contribution in [0.4, 0.5) is 0 Å². The molecule has 0 saturated heterocycles. The Morgan fingerprint density at radius 1 is 1.20 bits per heavy atom. The van der Waals surface area contributed by atoms with E-state index < -0.39 is 0 Å². The Hall–Kier alpha value is -1.58. The Morgan fingerprint density at radius 2 is 2.00 bits per heavy atom. The lowest BCUT2D eigenvalue weighted by atomic mass is 10.1. The maximum atomic E-state index is 9.10. The zero-order chi connectivity index (χ0) is 14.4. The minimum absolute atomic E-state index is 0.0999. The van der Waals surface area contributed by atoms with Crippen molar-refractivity contribution < 1.29 is 9.52 Å². The summed E-state index contributed by atoms with van der Waals surface area (Å²) in [7, 11) is 0. The minimum atomic E-state index is 0.0999. The molecule has 0 aliphatic heterocycles. The van der Waals surface area contributed by atoms with Gasteiger partial charge >= 0.3 is 0 Å². The van der Waals surface area contributed by atoms with E-state index in [-0.39, 0.29) is 6.61 Å². The fraction of sp³-hybridized carbons (Fsp3) is 0.412. The van der Waals surface area contributed by atoms with E-state index in [1.54, 1.807) is 0 Å². The fourth-order valence-corrected chi connectivity index (χ4v) is 2.25. The normalized spacial score (nSPS) is 12.6. The molecule has 0 saturated carbocycles. The van der Waals surface area contributed by atoms with E-state index >= 15 is 0 Å². The van der Waals surface area contributed by atoms with Crippen molar-refractivity contribution in [2.75, 3.05) is 6.54 Å². The second kappa shape index (κ2) is 7.27. The summed E-state index contributed by atoms with van der Waals surface area (Å²) in [5.41, 5.74) is 2.17. The summed E-state index contributed by atoms with van der Waals surface area (Å²) in [6, 6.07) is 12.1. The lowest BCUT2D eigenvalue weighted by molar-refractivity contribution is 0.281. The summed E-state index contributed by atoms with van der Waals surface area (Å²) in [5, 5.41) is 12.5. The van der Waals surface area contributed by atoms with Crippen LogP contribution >= 0.6 is 0 Å². The molecule has 1 aromatic carbocycles. The molecule has 0 spiro atoms. The number of hydrogen-bond donors (Lipinski definition) is 2. The Labute approximate surface area is 120 Å². The Bertz CT molecular complexity index is 533. The van der Waals surface area contributed by atoms with Gasteiger partial charge in [-0.2, -0.15) is 0 Å². The standard InChI is InChI=1S/C17H23NO2/c1-13(17-7-6-14(2)20-17)8-9-18-11-15-4-3-5-16(10-15)12-19/h3-7,10,13,18-19H,8-9,11-12H2,1-2H3. The first kappa shape index (κ1) is 14.8. The molecule has 1 unspecified atom stereocenters. The molecule has 2 aromatic rings. The van der Waals surface area contributed by atoms with E-state index in [2.05, 4.69) is 24.4 Å². The average molecular weight is 273 g/mol. The Balaban J connectivity index is 1.73. The van der Waals surface area contributed by atoms with Crippen LogP contribution in [-0.2, 0) is 13.2 Å². The van der Waals surface area contributed by atoms with E-state index in [0.29, 0.717) is 5.92 Å². The average Bonchev–Trinajstić information content (AvgIpc) is 2.90. The Morgan fingerprint density at radius 3 is 2.70 bits per heavy atom. The maximum Gasteiger partial charge on any atom is 0.107 e. The maximum absolute atomic E-state index is 9.10. The monoisotopic (exact) mass is 273 g/mol. The van der Waals surface area contributed by atoms with Gasteiger partial charge in [-0.1, -0.05) is 31.2 Å². The summed E-state index contributed by atoms with van der Waals surface area (Å²) < 4.78 is 5.64. The molecule has 1 aromatic heterocycles. The van der Waals surface area contributed by atoms with Crippen LogP contribution in [0.5, 0.6) is 0 Å². The smallest absolute Gasteiger partial charge is 0.107 e. The Kier molecular flexibility index (Phi) is 5.39. The summed E-state index contributed by atoms with van der Waals surface area (Å²) in [6.45, 7) is 6.04. The predicted molar refractivity (Wildman–Crippen MR) is 80.5 cm³/mol.